The number of carbonyl (C=O) groups excluding carboxylic acids is 3. The molecule has 2 atom stereocenters. The molecule has 2 aromatic rings. The largest absolute Gasteiger partial charge is 0.299 e. The highest BCUT2D eigenvalue weighted by atomic mass is 16.2. The molecular formula is C24H27NO3. The van der Waals surface area contributed by atoms with Gasteiger partial charge in [-0.2, -0.15) is 0 Å². The number of ketones is 3. The number of carbonyl (C=O) groups is 3. The SMILES string of the molecule is Cc1cc(CCC(=O)c2ccc([C@@H](C)[C@]3(C)CC(=O)CC3=O)cc2)cc(C)n1. The van der Waals surface area contributed by atoms with Crippen molar-refractivity contribution in [3.05, 3.63) is 64.5 Å². The normalized spacial score (nSPS) is 20.4. The number of aromatic nitrogens is 1. The Bertz CT molecular complexity index is 909. The van der Waals surface area contributed by atoms with Crippen LogP contribution in [0.25, 0.3) is 0 Å². The minimum Gasteiger partial charge on any atom is -0.299 e. The zero-order valence-corrected chi connectivity index (χ0v) is 17.0. The molecule has 1 aromatic heterocycles. The van der Waals surface area contributed by atoms with Gasteiger partial charge in [-0.05, 0) is 49.4 Å². The third-order valence-corrected chi connectivity index (χ3v) is 6.03. The van der Waals surface area contributed by atoms with Crippen molar-refractivity contribution in [2.45, 2.75) is 59.3 Å². The van der Waals surface area contributed by atoms with Crippen LogP contribution in [0.2, 0.25) is 0 Å². The summed E-state index contributed by atoms with van der Waals surface area (Å²) in [6.45, 7) is 7.78. The van der Waals surface area contributed by atoms with Crippen LogP contribution >= 0.6 is 0 Å². The Kier molecular flexibility index (Phi) is 5.59. The van der Waals surface area contributed by atoms with Crippen molar-refractivity contribution in [2.75, 3.05) is 0 Å². The van der Waals surface area contributed by atoms with Crippen molar-refractivity contribution in [3.63, 3.8) is 0 Å². The number of pyridine rings is 1. The lowest BCUT2D eigenvalue weighted by atomic mass is 9.72. The molecule has 1 aliphatic rings. The van der Waals surface area contributed by atoms with E-state index in [0.29, 0.717) is 24.8 Å². The van der Waals surface area contributed by atoms with Crippen LogP contribution in [0.4, 0.5) is 0 Å². The van der Waals surface area contributed by atoms with Crippen LogP contribution in [0.5, 0.6) is 0 Å². The van der Waals surface area contributed by atoms with Gasteiger partial charge in [-0.25, -0.2) is 0 Å². The molecule has 4 nitrogen and oxygen atoms in total. The molecule has 28 heavy (non-hydrogen) atoms. The van der Waals surface area contributed by atoms with Crippen molar-refractivity contribution in [1.82, 2.24) is 4.98 Å². The second-order valence-electron chi connectivity index (χ2n) is 8.26. The summed E-state index contributed by atoms with van der Waals surface area (Å²) in [7, 11) is 0. The van der Waals surface area contributed by atoms with Gasteiger partial charge in [0.2, 0.25) is 0 Å². The van der Waals surface area contributed by atoms with E-state index in [9.17, 15) is 14.4 Å². The molecule has 0 unspecified atom stereocenters. The number of hydrogen-bond acceptors (Lipinski definition) is 4. The summed E-state index contributed by atoms with van der Waals surface area (Å²) in [6, 6.07) is 11.5. The molecule has 4 heteroatoms. The molecule has 1 aliphatic carbocycles. The number of Topliss-reactive ketones (excluding diaryl/α,β-unsaturated/α-hetero) is 3. The minimum absolute atomic E-state index is 0.0210. The van der Waals surface area contributed by atoms with E-state index < -0.39 is 5.41 Å². The van der Waals surface area contributed by atoms with Gasteiger partial charge < -0.3 is 0 Å². The second kappa shape index (κ2) is 7.78. The first kappa shape index (κ1) is 20.1. The first-order valence-electron chi connectivity index (χ1n) is 9.81. The molecule has 1 heterocycles. The van der Waals surface area contributed by atoms with E-state index in [1.807, 2.05) is 64.1 Å². The minimum atomic E-state index is -0.639. The Balaban J connectivity index is 1.67. The highest BCUT2D eigenvalue weighted by molar-refractivity contribution is 6.09. The molecule has 0 bridgehead atoms. The van der Waals surface area contributed by atoms with Gasteiger partial charge >= 0.3 is 0 Å². The first-order chi connectivity index (χ1) is 13.2. The van der Waals surface area contributed by atoms with Crippen LogP contribution in [-0.4, -0.2) is 22.3 Å². The maximum Gasteiger partial charge on any atom is 0.163 e. The topological polar surface area (TPSA) is 64.1 Å². The standard InChI is InChI=1S/C24H27NO3/c1-15-11-18(12-16(2)25-15)5-10-22(27)20-8-6-19(7-9-20)17(3)24(4)14-21(26)13-23(24)28/h6-9,11-12,17H,5,10,13-14H2,1-4H3/t17-,24+/m1/s1. The Labute approximate surface area is 166 Å². The van der Waals surface area contributed by atoms with E-state index in [1.165, 1.54) is 0 Å². The van der Waals surface area contributed by atoms with Gasteiger partial charge in [0.1, 0.15) is 11.6 Å². The molecule has 1 aromatic carbocycles. The van der Waals surface area contributed by atoms with E-state index in [1.54, 1.807) is 0 Å². The molecule has 0 amide bonds. The summed E-state index contributed by atoms with van der Waals surface area (Å²) in [5, 5.41) is 0. The van der Waals surface area contributed by atoms with Gasteiger partial charge in [0, 0.05) is 35.2 Å². The van der Waals surface area contributed by atoms with Crippen LogP contribution in [-0.2, 0) is 16.0 Å². The molecule has 0 spiro atoms. The Morgan fingerprint density at radius 1 is 1.11 bits per heavy atom. The summed E-state index contributed by atoms with van der Waals surface area (Å²) in [6.07, 6.45) is 1.49. The van der Waals surface area contributed by atoms with Crippen molar-refractivity contribution < 1.29 is 14.4 Å². The van der Waals surface area contributed by atoms with E-state index in [2.05, 4.69) is 4.98 Å². The number of benzene rings is 1. The molecular weight excluding hydrogens is 350 g/mol. The van der Waals surface area contributed by atoms with Gasteiger partial charge in [0.25, 0.3) is 0 Å². The average Bonchev–Trinajstić information content (AvgIpc) is 2.91. The molecule has 0 radical (unpaired) electrons. The van der Waals surface area contributed by atoms with E-state index >= 15 is 0 Å². The zero-order chi connectivity index (χ0) is 20.5. The highest BCUT2D eigenvalue weighted by Gasteiger charge is 2.46. The Morgan fingerprint density at radius 3 is 2.25 bits per heavy atom. The fourth-order valence-electron chi connectivity index (χ4n) is 4.14. The third kappa shape index (κ3) is 4.11. The molecule has 0 N–H and O–H groups in total. The molecule has 1 fully saturated rings. The lowest BCUT2D eigenvalue weighted by Gasteiger charge is -2.29. The van der Waals surface area contributed by atoms with Gasteiger partial charge in [0.05, 0.1) is 6.42 Å². The van der Waals surface area contributed by atoms with Gasteiger partial charge in [-0.15, -0.1) is 0 Å². The van der Waals surface area contributed by atoms with Crippen LogP contribution < -0.4 is 0 Å². The van der Waals surface area contributed by atoms with Crippen molar-refractivity contribution in [3.8, 4) is 0 Å². The summed E-state index contributed by atoms with van der Waals surface area (Å²) in [5.41, 5.74) is 4.09. The monoisotopic (exact) mass is 377 g/mol. The molecule has 1 saturated carbocycles. The number of nitrogens with zero attached hydrogens (tertiary/aromatic N) is 1. The smallest absolute Gasteiger partial charge is 0.163 e. The van der Waals surface area contributed by atoms with E-state index in [0.717, 1.165) is 22.5 Å². The van der Waals surface area contributed by atoms with E-state index in [-0.39, 0.29) is 29.7 Å². The lowest BCUT2D eigenvalue weighted by Crippen LogP contribution is -2.28. The summed E-state index contributed by atoms with van der Waals surface area (Å²) < 4.78 is 0. The maximum absolute atomic E-state index is 12.6. The highest BCUT2D eigenvalue weighted by Crippen LogP contribution is 2.44. The third-order valence-electron chi connectivity index (χ3n) is 6.03. The fraction of sp³-hybridized carbons (Fsp3) is 0.417. The molecule has 0 aliphatic heterocycles. The fourth-order valence-corrected chi connectivity index (χ4v) is 4.14. The van der Waals surface area contributed by atoms with Gasteiger partial charge in [-0.1, -0.05) is 38.1 Å². The predicted octanol–water partition coefficient (Wildman–Crippen LogP) is 4.56. The maximum atomic E-state index is 12.6. The number of rotatable bonds is 6. The van der Waals surface area contributed by atoms with Gasteiger partial charge in [-0.3, -0.25) is 19.4 Å². The van der Waals surface area contributed by atoms with Crippen LogP contribution in [0.15, 0.2) is 36.4 Å². The van der Waals surface area contributed by atoms with Crippen molar-refractivity contribution in [2.24, 2.45) is 5.41 Å². The van der Waals surface area contributed by atoms with Crippen molar-refractivity contribution >= 4 is 17.3 Å². The van der Waals surface area contributed by atoms with Crippen LogP contribution in [0.1, 0.15) is 71.9 Å². The Morgan fingerprint density at radius 2 is 1.71 bits per heavy atom. The van der Waals surface area contributed by atoms with E-state index in [4.69, 9.17) is 0 Å². The first-order valence-corrected chi connectivity index (χ1v) is 9.81. The second-order valence-corrected chi connectivity index (χ2v) is 8.26. The number of aryl methyl sites for hydroxylation is 3. The van der Waals surface area contributed by atoms with Gasteiger partial charge in [0.15, 0.2) is 5.78 Å². The Hall–Kier alpha value is -2.62. The summed E-state index contributed by atoms with van der Waals surface area (Å²) in [4.78, 5) is 40.9. The average molecular weight is 377 g/mol. The van der Waals surface area contributed by atoms with Crippen LogP contribution in [0.3, 0.4) is 0 Å². The summed E-state index contributed by atoms with van der Waals surface area (Å²) >= 11 is 0. The molecule has 3 rings (SSSR count). The molecule has 0 saturated heterocycles. The zero-order valence-electron chi connectivity index (χ0n) is 17.0. The molecule has 146 valence electrons. The summed E-state index contributed by atoms with van der Waals surface area (Å²) in [5.74, 6) is 0.0869. The predicted molar refractivity (Wildman–Crippen MR) is 109 cm³/mol. The number of hydrogen-bond donors (Lipinski definition) is 0. The van der Waals surface area contributed by atoms with Crippen molar-refractivity contribution in [1.29, 1.82) is 0 Å². The quantitative estimate of drug-likeness (QED) is 0.547. The van der Waals surface area contributed by atoms with Crippen LogP contribution in [0, 0.1) is 19.3 Å². The lowest BCUT2D eigenvalue weighted by molar-refractivity contribution is -0.126.